The van der Waals surface area contributed by atoms with Gasteiger partial charge in [0.15, 0.2) is 6.10 Å². The fourth-order valence-corrected chi connectivity index (χ4v) is 2.23. The van der Waals surface area contributed by atoms with E-state index < -0.39 is 12.1 Å². The summed E-state index contributed by atoms with van der Waals surface area (Å²) in [6.07, 6.45) is -0.761. The molecule has 100 valence electrons. The molecule has 3 rings (SSSR count). The second-order valence-electron chi connectivity index (χ2n) is 4.48. The second kappa shape index (κ2) is 4.94. The van der Waals surface area contributed by atoms with Gasteiger partial charge < -0.3 is 9.84 Å². The Morgan fingerprint density at radius 2 is 2.37 bits per heavy atom. The van der Waals surface area contributed by atoms with Crippen LogP contribution in [0.4, 0.5) is 0 Å². The van der Waals surface area contributed by atoms with Crippen LogP contribution in [-0.4, -0.2) is 52.1 Å². The third-order valence-electron chi connectivity index (χ3n) is 3.19. The average Bonchev–Trinajstić information content (AvgIpc) is 2.88. The van der Waals surface area contributed by atoms with Crippen molar-refractivity contribution in [1.82, 2.24) is 15.2 Å². The van der Waals surface area contributed by atoms with Crippen molar-refractivity contribution in [2.75, 3.05) is 19.7 Å². The van der Waals surface area contributed by atoms with Gasteiger partial charge in [-0.05, 0) is 21.9 Å². The van der Waals surface area contributed by atoms with Gasteiger partial charge in [-0.3, -0.25) is 4.90 Å². The predicted molar refractivity (Wildman–Crippen MR) is 64.5 cm³/mol. The largest absolute Gasteiger partial charge is 0.479 e. The number of aromatic nitrogens is 2. The van der Waals surface area contributed by atoms with E-state index >= 15 is 0 Å². The quantitative estimate of drug-likeness (QED) is 0.862. The molecule has 1 atom stereocenters. The van der Waals surface area contributed by atoms with Crippen LogP contribution in [0.15, 0.2) is 22.8 Å². The molecular weight excluding hydrogens is 250 g/mol. The van der Waals surface area contributed by atoms with Gasteiger partial charge in [-0.2, -0.15) is 0 Å². The zero-order valence-electron chi connectivity index (χ0n) is 10.2. The average molecular weight is 263 g/mol. The van der Waals surface area contributed by atoms with Gasteiger partial charge in [-0.1, -0.05) is 12.1 Å². The molecule has 1 N–H and O–H groups in total. The van der Waals surface area contributed by atoms with Gasteiger partial charge in [0.05, 0.1) is 6.61 Å². The summed E-state index contributed by atoms with van der Waals surface area (Å²) in [5.41, 5.74) is 2.41. The Hall–Kier alpha value is -1.99. The molecule has 0 aliphatic carbocycles. The number of carboxylic acid groups (broad SMARTS) is 1. The maximum Gasteiger partial charge on any atom is 0.334 e. The Morgan fingerprint density at radius 3 is 3.21 bits per heavy atom. The van der Waals surface area contributed by atoms with Crippen LogP contribution in [0, 0.1) is 0 Å². The summed E-state index contributed by atoms with van der Waals surface area (Å²) in [6.45, 7) is 2.10. The Balaban J connectivity index is 1.77. The SMILES string of the molecule is O=C(O)C1CN(Cc2cccc3nonc23)CCO1. The summed E-state index contributed by atoms with van der Waals surface area (Å²) < 4.78 is 9.91. The van der Waals surface area contributed by atoms with Crippen LogP contribution in [0.2, 0.25) is 0 Å². The maximum atomic E-state index is 10.9. The zero-order chi connectivity index (χ0) is 13.2. The van der Waals surface area contributed by atoms with Gasteiger partial charge in [0.1, 0.15) is 11.0 Å². The summed E-state index contributed by atoms with van der Waals surface area (Å²) in [5, 5.41) is 16.6. The van der Waals surface area contributed by atoms with Gasteiger partial charge in [-0.25, -0.2) is 9.42 Å². The summed E-state index contributed by atoms with van der Waals surface area (Å²) in [7, 11) is 0. The summed E-state index contributed by atoms with van der Waals surface area (Å²) in [5.74, 6) is -0.925. The maximum absolute atomic E-state index is 10.9. The molecule has 0 spiro atoms. The predicted octanol–water partition coefficient (Wildman–Crippen LogP) is 0.508. The Bertz CT molecular complexity index is 597. The lowest BCUT2D eigenvalue weighted by Crippen LogP contribution is -2.45. The molecule has 2 heterocycles. The highest BCUT2D eigenvalue weighted by Gasteiger charge is 2.26. The van der Waals surface area contributed by atoms with Crippen LogP contribution in [0.25, 0.3) is 11.0 Å². The van der Waals surface area contributed by atoms with Crippen molar-refractivity contribution in [1.29, 1.82) is 0 Å². The van der Waals surface area contributed by atoms with Gasteiger partial charge in [-0.15, -0.1) is 0 Å². The molecular formula is C12H13N3O4. The molecule has 2 aromatic rings. The van der Waals surface area contributed by atoms with Gasteiger partial charge in [0, 0.05) is 19.6 Å². The molecule has 0 bridgehead atoms. The van der Waals surface area contributed by atoms with Crippen molar-refractivity contribution in [3.8, 4) is 0 Å². The standard InChI is InChI=1S/C12H13N3O4/c16-12(17)10-7-15(4-5-18-10)6-8-2-1-3-9-11(8)14-19-13-9/h1-3,10H,4-7H2,(H,16,17). The topological polar surface area (TPSA) is 88.7 Å². The number of benzene rings is 1. The minimum atomic E-state index is -0.925. The van der Waals surface area contributed by atoms with E-state index in [9.17, 15) is 4.79 Å². The fraction of sp³-hybridized carbons (Fsp3) is 0.417. The number of nitrogens with zero attached hydrogens (tertiary/aromatic N) is 3. The monoisotopic (exact) mass is 263 g/mol. The molecule has 7 nitrogen and oxygen atoms in total. The molecule has 7 heteroatoms. The number of morpholine rings is 1. The summed E-state index contributed by atoms with van der Waals surface area (Å²) in [4.78, 5) is 13.0. The minimum absolute atomic E-state index is 0.372. The van der Waals surface area contributed by atoms with Crippen LogP contribution < -0.4 is 0 Å². The van der Waals surface area contributed by atoms with E-state index in [-0.39, 0.29) is 0 Å². The lowest BCUT2D eigenvalue weighted by atomic mass is 10.1. The summed E-state index contributed by atoms with van der Waals surface area (Å²) >= 11 is 0. The molecule has 19 heavy (non-hydrogen) atoms. The summed E-state index contributed by atoms with van der Waals surface area (Å²) in [6, 6.07) is 5.66. The van der Waals surface area contributed by atoms with Gasteiger partial charge in [0.2, 0.25) is 0 Å². The van der Waals surface area contributed by atoms with Crippen LogP contribution in [0.3, 0.4) is 0 Å². The van der Waals surface area contributed by atoms with Crippen LogP contribution in [0.1, 0.15) is 5.56 Å². The van der Waals surface area contributed by atoms with E-state index in [2.05, 4.69) is 10.3 Å². The molecule has 1 aliphatic heterocycles. The van der Waals surface area contributed by atoms with E-state index in [1.54, 1.807) is 0 Å². The molecule has 1 saturated heterocycles. The van der Waals surface area contributed by atoms with Crippen LogP contribution in [0.5, 0.6) is 0 Å². The number of fused-ring (bicyclic) bond motifs is 1. The van der Waals surface area contributed by atoms with Crippen molar-refractivity contribution in [2.24, 2.45) is 0 Å². The van der Waals surface area contributed by atoms with E-state index in [0.717, 1.165) is 11.1 Å². The zero-order valence-corrected chi connectivity index (χ0v) is 10.2. The Kier molecular flexibility index (Phi) is 3.14. The molecule has 0 saturated carbocycles. The third-order valence-corrected chi connectivity index (χ3v) is 3.19. The second-order valence-corrected chi connectivity index (χ2v) is 4.48. The molecule has 1 fully saturated rings. The lowest BCUT2D eigenvalue weighted by molar-refractivity contribution is -0.156. The first-order chi connectivity index (χ1) is 9.24. The number of carboxylic acids is 1. The first-order valence-electron chi connectivity index (χ1n) is 6.01. The number of carbonyl (C=O) groups is 1. The Morgan fingerprint density at radius 1 is 1.47 bits per heavy atom. The van der Waals surface area contributed by atoms with E-state index in [1.165, 1.54) is 0 Å². The number of aliphatic carboxylic acids is 1. The van der Waals surface area contributed by atoms with E-state index in [4.69, 9.17) is 14.5 Å². The Labute approximate surface area is 108 Å². The van der Waals surface area contributed by atoms with Crippen molar-refractivity contribution in [3.63, 3.8) is 0 Å². The number of ether oxygens (including phenoxy) is 1. The molecule has 1 aliphatic rings. The minimum Gasteiger partial charge on any atom is -0.479 e. The van der Waals surface area contributed by atoms with Crippen LogP contribution in [-0.2, 0) is 16.1 Å². The third kappa shape index (κ3) is 2.42. The van der Waals surface area contributed by atoms with Crippen molar-refractivity contribution in [3.05, 3.63) is 23.8 Å². The number of hydrogen-bond acceptors (Lipinski definition) is 6. The fourth-order valence-electron chi connectivity index (χ4n) is 2.23. The highest BCUT2D eigenvalue weighted by Crippen LogP contribution is 2.18. The first kappa shape index (κ1) is 12.1. The van der Waals surface area contributed by atoms with Crippen molar-refractivity contribution >= 4 is 17.0 Å². The van der Waals surface area contributed by atoms with E-state index in [0.29, 0.717) is 31.8 Å². The molecule has 1 aromatic heterocycles. The van der Waals surface area contributed by atoms with Crippen molar-refractivity contribution in [2.45, 2.75) is 12.6 Å². The van der Waals surface area contributed by atoms with Crippen LogP contribution >= 0.6 is 0 Å². The smallest absolute Gasteiger partial charge is 0.334 e. The normalized spacial score (nSPS) is 20.7. The van der Waals surface area contributed by atoms with E-state index in [1.807, 2.05) is 23.1 Å². The molecule has 0 amide bonds. The number of rotatable bonds is 3. The molecule has 1 unspecified atom stereocenters. The molecule has 1 aromatic carbocycles. The van der Waals surface area contributed by atoms with Gasteiger partial charge in [0.25, 0.3) is 0 Å². The lowest BCUT2D eigenvalue weighted by Gasteiger charge is -2.30. The number of hydrogen-bond donors (Lipinski definition) is 1. The van der Waals surface area contributed by atoms with Crippen molar-refractivity contribution < 1.29 is 19.3 Å². The van der Waals surface area contributed by atoms with Gasteiger partial charge >= 0.3 is 5.97 Å². The molecule has 0 radical (unpaired) electrons. The highest BCUT2D eigenvalue weighted by atomic mass is 16.6. The highest BCUT2D eigenvalue weighted by molar-refractivity contribution is 5.76. The first-order valence-corrected chi connectivity index (χ1v) is 6.01.